The summed E-state index contributed by atoms with van der Waals surface area (Å²) in [6.45, 7) is 5.87. The minimum atomic E-state index is 0.383. The maximum Gasteiger partial charge on any atom is 0.165 e. The first-order valence-corrected chi connectivity index (χ1v) is 9.00. The number of fused-ring (bicyclic) bond motifs is 4. The summed E-state index contributed by atoms with van der Waals surface area (Å²) >= 11 is 0. The van der Waals surface area contributed by atoms with Crippen LogP contribution in [0.4, 0.5) is 0 Å². The Morgan fingerprint density at radius 2 is 1.85 bits per heavy atom. The molecule has 0 saturated heterocycles. The van der Waals surface area contributed by atoms with Gasteiger partial charge in [-0.25, -0.2) is 0 Å². The van der Waals surface area contributed by atoms with Gasteiger partial charge in [-0.2, -0.15) is 0 Å². The van der Waals surface area contributed by atoms with E-state index in [-0.39, 0.29) is 0 Å². The minimum Gasteiger partial charge on any atom is -0.496 e. The molecule has 2 aromatic rings. The van der Waals surface area contributed by atoms with Gasteiger partial charge in [0, 0.05) is 30.3 Å². The molecule has 2 aromatic carbocycles. The third-order valence-electron chi connectivity index (χ3n) is 5.70. The summed E-state index contributed by atoms with van der Waals surface area (Å²) in [6.07, 6.45) is 3.88. The van der Waals surface area contributed by atoms with Crippen molar-refractivity contribution in [3.05, 3.63) is 58.7 Å². The molecule has 2 heterocycles. The van der Waals surface area contributed by atoms with Gasteiger partial charge in [0.2, 0.25) is 0 Å². The normalized spacial score (nSPS) is 18.3. The molecule has 0 spiro atoms. The molecule has 4 rings (SSSR count). The molecule has 0 bridgehead atoms. The summed E-state index contributed by atoms with van der Waals surface area (Å²) in [5.41, 5.74) is 6.44. The van der Waals surface area contributed by atoms with Gasteiger partial charge >= 0.3 is 0 Å². The molecule has 2 aliphatic heterocycles. The van der Waals surface area contributed by atoms with Crippen molar-refractivity contribution in [2.45, 2.75) is 25.4 Å². The fourth-order valence-corrected chi connectivity index (χ4v) is 4.37. The van der Waals surface area contributed by atoms with E-state index in [4.69, 9.17) is 14.2 Å². The Hall–Kier alpha value is -2.46. The standard InChI is InChI=1S/C22H25NO3/c1-5-14-10-17-16(12-21(14)25-3)8-9-23-13-18-15(11-19(17)23)6-7-20(24-2)22(18)26-4/h5-7,10,12,19H,1,8-9,11,13H2,2-4H3/t19-/m0/s1. The molecule has 4 heteroatoms. The van der Waals surface area contributed by atoms with Gasteiger partial charge in [0.1, 0.15) is 5.75 Å². The molecule has 26 heavy (non-hydrogen) atoms. The molecule has 1 atom stereocenters. The van der Waals surface area contributed by atoms with Crippen molar-refractivity contribution >= 4 is 6.08 Å². The van der Waals surface area contributed by atoms with Gasteiger partial charge < -0.3 is 14.2 Å². The first-order chi connectivity index (χ1) is 12.7. The number of methoxy groups -OCH3 is 3. The quantitative estimate of drug-likeness (QED) is 0.833. The Bertz CT molecular complexity index is 859. The van der Waals surface area contributed by atoms with Crippen LogP contribution in [-0.4, -0.2) is 32.8 Å². The lowest BCUT2D eigenvalue weighted by Gasteiger charge is -2.42. The molecule has 0 saturated carbocycles. The molecular formula is C22H25NO3. The largest absolute Gasteiger partial charge is 0.496 e. The van der Waals surface area contributed by atoms with Crippen molar-refractivity contribution in [2.24, 2.45) is 0 Å². The summed E-state index contributed by atoms with van der Waals surface area (Å²) in [6, 6.07) is 9.02. The van der Waals surface area contributed by atoms with E-state index < -0.39 is 0 Å². The number of benzene rings is 2. The predicted octanol–water partition coefficient (Wildman–Crippen LogP) is 4.01. The van der Waals surface area contributed by atoms with E-state index in [1.807, 2.05) is 12.1 Å². The second-order valence-electron chi connectivity index (χ2n) is 6.88. The first kappa shape index (κ1) is 17.0. The number of rotatable bonds is 4. The van der Waals surface area contributed by atoms with Crippen LogP contribution in [-0.2, 0) is 19.4 Å². The Labute approximate surface area is 155 Å². The minimum absolute atomic E-state index is 0.383. The van der Waals surface area contributed by atoms with E-state index >= 15 is 0 Å². The van der Waals surface area contributed by atoms with Crippen molar-refractivity contribution in [2.75, 3.05) is 27.9 Å². The zero-order valence-corrected chi connectivity index (χ0v) is 15.7. The van der Waals surface area contributed by atoms with Gasteiger partial charge in [0.25, 0.3) is 0 Å². The monoisotopic (exact) mass is 351 g/mol. The Kier molecular flexibility index (Phi) is 4.37. The van der Waals surface area contributed by atoms with Crippen LogP contribution in [0.2, 0.25) is 0 Å². The highest BCUT2D eigenvalue weighted by Crippen LogP contribution is 2.44. The summed E-state index contributed by atoms with van der Waals surface area (Å²) in [7, 11) is 5.13. The number of hydrogen-bond donors (Lipinski definition) is 0. The number of hydrogen-bond acceptors (Lipinski definition) is 4. The summed E-state index contributed by atoms with van der Waals surface area (Å²) in [4.78, 5) is 2.55. The van der Waals surface area contributed by atoms with Crippen molar-refractivity contribution < 1.29 is 14.2 Å². The van der Waals surface area contributed by atoms with Crippen LogP contribution in [0.1, 0.15) is 33.9 Å². The van der Waals surface area contributed by atoms with E-state index in [9.17, 15) is 0 Å². The molecule has 136 valence electrons. The molecule has 0 aliphatic carbocycles. The molecule has 2 aliphatic rings. The maximum absolute atomic E-state index is 5.67. The third kappa shape index (κ3) is 2.56. The fourth-order valence-electron chi connectivity index (χ4n) is 4.37. The van der Waals surface area contributed by atoms with Crippen LogP contribution >= 0.6 is 0 Å². The van der Waals surface area contributed by atoms with Crippen molar-refractivity contribution in [1.82, 2.24) is 4.90 Å². The molecule has 0 aromatic heterocycles. The van der Waals surface area contributed by atoms with Gasteiger partial charge in [-0.15, -0.1) is 0 Å². The molecule has 0 unspecified atom stereocenters. The van der Waals surface area contributed by atoms with Crippen LogP contribution in [0, 0.1) is 0 Å². The number of ether oxygens (including phenoxy) is 3. The fraction of sp³-hybridized carbons (Fsp3) is 0.364. The van der Waals surface area contributed by atoms with Gasteiger partial charge in [-0.3, -0.25) is 4.90 Å². The smallest absolute Gasteiger partial charge is 0.165 e. The first-order valence-electron chi connectivity index (χ1n) is 9.00. The van der Waals surface area contributed by atoms with Gasteiger partial charge in [-0.05, 0) is 47.7 Å². The highest BCUT2D eigenvalue weighted by Gasteiger charge is 2.34. The van der Waals surface area contributed by atoms with E-state index in [0.717, 1.165) is 48.7 Å². The molecule has 0 N–H and O–H groups in total. The summed E-state index contributed by atoms with van der Waals surface area (Å²) in [5.74, 6) is 2.59. The van der Waals surface area contributed by atoms with Gasteiger partial charge in [0.15, 0.2) is 11.5 Å². The van der Waals surface area contributed by atoms with E-state index in [2.05, 4.69) is 29.7 Å². The molecule has 0 radical (unpaired) electrons. The number of nitrogens with zero attached hydrogens (tertiary/aromatic N) is 1. The van der Waals surface area contributed by atoms with Crippen LogP contribution in [0.15, 0.2) is 30.8 Å². The van der Waals surface area contributed by atoms with Crippen LogP contribution in [0.5, 0.6) is 17.2 Å². The lowest BCUT2D eigenvalue weighted by Crippen LogP contribution is -2.39. The second kappa shape index (κ2) is 6.69. The molecule has 0 amide bonds. The van der Waals surface area contributed by atoms with Crippen molar-refractivity contribution in [1.29, 1.82) is 0 Å². The summed E-state index contributed by atoms with van der Waals surface area (Å²) < 4.78 is 16.7. The van der Waals surface area contributed by atoms with Crippen molar-refractivity contribution in [3.8, 4) is 17.2 Å². The highest BCUT2D eigenvalue weighted by molar-refractivity contribution is 5.60. The highest BCUT2D eigenvalue weighted by atomic mass is 16.5. The van der Waals surface area contributed by atoms with Crippen LogP contribution in [0.3, 0.4) is 0 Å². The topological polar surface area (TPSA) is 30.9 Å². The van der Waals surface area contributed by atoms with E-state index in [0.29, 0.717) is 6.04 Å². The zero-order valence-electron chi connectivity index (χ0n) is 15.7. The van der Waals surface area contributed by atoms with E-state index in [1.54, 1.807) is 21.3 Å². The lowest BCUT2D eigenvalue weighted by molar-refractivity contribution is 0.157. The lowest BCUT2D eigenvalue weighted by atomic mass is 9.83. The van der Waals surface area contributed by atoms with Crippen molar-refractivity contribution in [3.63, 3.8) is 0 Å². The predicted molar refractivity (Wildman–Crippen MR) is 103 cm³/mol. The average molecular weight is 351 g/mol. The van der Waals surface area contributed by atoms with Crippen LogP contribution in [0.25, 0.3) is 6.08 Å². The Morgan fingerprint density at radius 1 is 1.04 bits per heavy atom. The van der Waals surface area contributed by atoms with Crippen LogP contribution < -0.4 is 14.2 Å². The zero-order chi connectivity index (χ0) is 18.3. The van der Waals surface area contributed by atoms with Gasteiger partial charge in [-0.1, -0.05) is 18.7 Å². The maximum atomic E-state index is 5.67. The SMILES string of the molecule is C=Cc1cc2c(cc1OC)CCN1Cc3c(ccc(OC)c3OC)C[C@@H]21. The Morgan fingerprint density at radius 3 is 2.54 bits per heavy atom. The molecule has 0 fully saturated rings. The van der Waals surface area contributed by atoms with E-state index in [1.165, 1.54) is 22.3 Å². The summed E-state index contributed by atoms with van der Waals surface area (Å²) in [5, 5.41) is 0. The second-order valence-corrected chi connectivity index (χ2v) is 6.88. The average Bonchev–Trinajstić information content (AvgIpc) is 2.70. The van der Waals surface area contributed by atoms with Gasteiger partial charge in [0.05, 0.1) is 21.3 Å². The third-order valence-corrected chi connectivity index (χ3v) is 5.70. The molecular weight excluding hydrogens is 326 g/mol. The Balaban J connectivity index is 1.78. The molecule has 4 nitrogen and oxygen atoms in total.